The lowest BCUT2D eigenvalue weighted by molar-refractivity contribution is 0.339. The van der Waals surface area contributed by atoms with Crippen LogP contribution in [0.4, 0.5) is 0 Å². The molecule has 0 unspecified atom stereocenters. The molecule has 2 rings (SSSR count). The van der Waals surface area contributed by atoms with Crippen LogP contribution < -0.4 is 10.1 Å². The van der Waals surface area contributed by atoms with Crippen LogP contribution >= 0.6 is 0 Å². The average molecular weight is 232 g/mol. The molecule has 0 aliphatic rings. The number of hydrogen-bond acceptors (Lipinski definition) is 4. The molecule has 17 heavy (non-hydrogen) atoms. The Hall–Kier alpha value is -1.81. The maximum Gasteiger partial charge on any atom is 0.138 e. The fourth-order valence-electron chi connectivity index (χ4n) is 1.71. The van der Waals surface area contributed by atoms with Gasteiger partial charge in [0.1, 0.15) is 11.5 Å². The third-order valence-corrected chi connectivity index (χ3v) is 2.42. The molecule has 0 aromatic carbocycles. The molecule has 0 spiro atoms. The van der Waals surface area contributed by atoms with Crippen LogP contribution in [0.2, 0.25) is 0 Å². The van der Waals surface area contributed by atoms with Crippen molar-refractivity contribution in [2.24, 2.45) is 0 Å². The number of ether oxygens (including phenoxy) is 1. The first-order valence-corrected chi connectivity index (χ1v) is 5.64. The Bertz CT molecular complexity index is 480. The third kappa shape index (κ3) is 2.65. The monoisotopic (exact) mass is 232 g/mol. The molecular weight excluding hydrogens is 216 g/mol. The first-order valence-electron chi connectivity index (χ1n) is 5.64. The van der Waals surface area contributed by atoms with Crippen molar-refractivity contribution in [3.05, 3.63) is 36.5 Å². The normalized spacial score (nSPS) is 10.5. The molecule has 1 N–H and O–H groups in total. The molecule has 0 saturated carbocycles. The molecule has 0 saturated heterocycles. The summed E-state index contributed by atoms with van der Waals surface area (Å²) in [6.45, 7) is 3.29. The first-order chi connectivity index (χ1) is 8.35. The lowest BCUT2D eigenvalue weighted by Gasteiger charge is -2.05. The van der Waals surface area contributed by atoms with Gasteiger partial charge >= 0.3 is 0 Å². The zero-order valence-electron chi connectivity index (χ0n) is 10.1. The minimum Gasteiger partial charge on any atom is -0.492 e. The SMILES string of the molecule is CCOc1cncc(-c2ccoc2CNC)c1. The quantitative estimate of drug-likeness (QED) is 0.860. The van der Waals surface area contributed by atoms with Gasteiger partial charge in [0.2, 0.25) is 0 Å². The van der Waals surface area contributed by atoms with E-state index in [9.17, 15) is 0 Å². The smallest absolute Gasteiger partial charge is 0.138 e. The Balaban J connectivity index is 2.31. The summed E-state index contributed by atoms with van der Waals surface area (Å²) in [6, 6.07) is 3.92. The van der Waals surface area contributed by atoms with E-state index in [0.717, 1.165) is 22.6 Å². The second kappa shape index (κ2) is 5.50. The molecule has 0 aliphatic heterocycles. The minimum atomic E-state index is 0.639. The molecule has 4 heteroatoms. The van der Waals surface area contributed by atoms with Crippen LogP contribution in [0.25, 0.3) is 11.1 Å². The summed E-state index contributed by atoms with van der Waals surface area (Å²) in [6.07, 6.45) is 5.21. The number of aromatic nitrogens is 1. The van der Waals surface area contributed by atoms with E-state index in [2.05, 4.69) is 10.3 Å². The fraction of sp³-hybridized carbons (Fsp3) is 0.308. The van der Waals surface area contributed by atoms with E-state index in [1.165, 1.54) is 0 Å². The zero-order chi connectivity index (χ0) is 12.1. The van der Waals surface area contributed by atoms with E-state index in [0.29, 0.717) is 13.2 Å². The Morgan fingerprint density at radius 1 is 1.41 bits per heavy atom. The minimum absolute atomic E-state index is 0.639. The van der Waals surface area contributed by atoms with Crippen molar-refractivity contribution in [1.82, 2.24) is 10.3 Å². The van der Waals surface area contributed by atoms with Crippen molar-refractivity contribution in [2.45, 2.75) is 13.5 Å². The average Bonchev–Trinajstić information content (AvgIpc) is 2.79. The molecule has 0 aliphatic carbocycles. The molecule has 0 bridgehead atoms. The van der Waals surface area contributed by atoms with Gasteiger partial charge in [-0.1, -0.05) is 0 Å². The molecule has 0 atom stereocenters. The Kier molecular flexibility index (Phi) is 3.77. The van der Waals surface area contributed by atoms with Crippen LogP contribution in [0, 0.1) is 0 Å². The molecule has 0 amide bonds. The van der Waals surface area contributed by atoms with Crippen LogP contribution in [0.5, 0.6) is 5.75 Å². The molecule has 4 nitrogen and oxygen atoms in total. The number of nitrogens with zero attached hydrogens (tertiary/aromatic N) is 1. The highest BCUT2D eigenvalue weighted by Gasteiger charge is 2.09. The number of pyridine rings is 1. The Labute approximate surface area is 101 Å². The van der Waals surface area contributed by atoms with Crippen LogP contribution in [-0.2, 0) is 6.54 Å². The Morgan fingerprint density at radius 3 is 3.06 bits per heavy atom. The summed E-state index contributed by atoms with van der Waals surface area (Å²) in [4.78, 5) is 4.17. The summed E-state index contributed by atoms with van der Waals surface area (Å²) in [5.41, 5.74) is 2.06. The van der Waals surface area contributed by atoms with Crippen molar-refractivity contribution in [3.8, 4) is 16.9 Å². The molecule has 90 valence electrons. The van der Waals surface area contributed by atoms with Gasteiger partial charge in [-0.15, -0.1) is 0 Å². The maximum atomic E-state index is 5.44. The Morgan fingerprint density at radius 2 is 2.29 bits per heavy atom. The predicted molar refractivity (Wildman–Crippen MR) is 65.9 cm³/mol. The molecule has 0 radical (unpaired) electrons. The summed E-state index contributed by atoms with van der Waals surface area (Å²) >= 11 is 0. The van der Waals surface area contributed by atoms with E-state index in [1.807, 2.05) is 32.3 Å². The number of nitrogens with one attached hydrogen (secondary N) is 1. The maximum absolute atomic E-state index is 5.44. The lowest BCUT2D eigenvalue weighted by Crippen LogP contribution is -2.04. The van der Waals surface area contributed by atoms with E-state index < -0.39 is 0 Å². The standard InChI is InChI=1S/C13H16N2O2/c1-3-16-11-6-10(7-15-8-11)12-4-5-17-13(12)9-14-2/h4-8,14H,3,9H2,1-2H3. The van der Waals surface area contributed by atoms with Gasteiger partial charge in [0.15, 0.2) is 0 Å². The first kappa shape index (κ1) is 11.7. The summed E-state index contributed by atoms with van der Waals surface area (Å²) in [7, 11) is 1.89. The van der Waals surface area contributed by atoms with Crippen LogP contribution in [0.1, 0.15) is 12.7 Å². The van der Waals surface area contributed by atoms with E-state index >= 15 is 0 Å². The second-order valence-corrected chi connectivity index (χ2v) is 3.63. The van der Waals surface area contributed by atoms with E-state index in [4.69, 9.17) is 9.15 Å². The van der Waals surface area contributed by atoms with Crippen molar-refractivity contribution in [2.75, 3.05) is 13.7 Å². The van der Waals surface area contributed by atoms with Gasteiger partial charge in [-0.05, 0) is 26.1 Å². The van der Waals surface area contributed by atoms with Gasteiger partial charge < -0.3 is 14.5 Å². The fourth-order valence-corrected chi connectivity index (χ4v) is 1.71. The molecule has 0 fully saturated rings. The van der Waals surface area contributed by atoms with Crippen molar-refractivity contribution < 1.29 is 9.15 Å². The topological polar surface area (TPSA) is 47.3 Å². The third-order valence-electron chi connectivity index (χ3n) is 2.42. The summed E-state index contributed by atoms with van der Waals surface area (Å²) in [5, 5.41) is 3.07. The second-order valence-electron chi connectivity index (χ2n) is 3.63. The van der Waals surface area contributed by atoms with Crippen LogP contribution in [0.3, 0.4) is 0 Å². The van der Waals surface area contributed by atoms with Crippen LogP contribution in [0.15, 0.2) is 35.2 Å². The summed E-state index contributed by atoms with van der Waals surface area (Å²) < 4.78 is 10.9. The van der Waals surface area contributed by atoms with Gasteiger partial charge in [-0.3, -0.25) is 4.98 Å². The molecule has 2 aromatic rings. The van der Waals surface area contributed by atoms with Crippen molar-refractivity contribution >= 4 is 0 Å². The zero-order valence-corrected chi connectivity index (χ0v) is 10.1. The van der Waals surface area contributed by atoms with E-state index in [-0.39, 0.29) is 0 Å². The number of furan rings is 1. The van der Waals surface area contributed by atoms with Gasteiger partial charge in [-0.25, -0.2) is 0 Å². The molecule has 2 heterocycles. The summed E-state index contributed by atoms with van der Waals surface area (Å²) in [5.74, 6) is 1.68. The molecular formula is C13H16N2O2. The number of hydrogen-bond donors (Lipinski definition) is 1. The largest absolute Gasteiger partial charge is 0.492 e. The molecule has 2 aromatic heterocycles. The van der Waals surface area contributed by atoms with E-state index in [1.54, 1.807) is 12.5 Å². The van der Waals surface area contributed by atoms with Crippen LogP contribution in [-0.4, -0.2) is 18.6 Å². The van der Waals surface area contributed by atoms with Gasteiger partial charge in [0.25, 0.3) is 0 Å². The van der Waals surface area contributed by atoms with Crippen molar-refractivity contribution in [1.29, 1.82) is 0 Å². The number of rotatable bonds is 5. The van der Waals surface area contributed by atoms with Gasteiger partial charge in [-0.2, -0.15) is 0 Å². The highest BCUT2D eigenvalue weighted by molar-refractivity contribution is 5.65. The van der Waals surface area contributed by atoms with Gasteiger partial charge in [0.05, 0.1) is 25.6 Å². The predicted octanol–water partition coefficient (Wildman–Crippen LogP) is 2.46. The lowest BCUT2D eigenvalue weighted by atomic mass is 10.1. The highest BCUT2D eigenvalue weighted by atomic mass is 16.5. The van der Waals surface area contributed by atoms with Gasteiger partial charge in [0, 0.05) is 17.3 Å². The highest BCUT2D eigenvalue weighted by Crippen LogP contribution is 2.26. The van der Waals surface area contributed by atoms with Crippen molar-refractivity contribution in [3.63, 3.8) is 0 Å².